The third-order valence-electron chi connectivity index (χ3n) is 0.844. The van der Waals surface area contributed by atoms with E-state index < -0.39 is 0 Å². The molecule has 0 saturated heterocycles. The molecule has 3 heteroatoms. The van der Waals surface area contributed by atoms with Crippen LogP contribution in [0.3, 0.4) is 0 Å². The average molecular weight is 127 g/mol. The summed E-state index contributed by atoms with van der Waals surface area (Å²) < 4.78 is 0. The smallest absolute Gasteiger partial charge is 0.0313 e. The van der Waals surface area contributed by atoms with Crippen LogP contribution in [0.4, 0.5) is 0 Å². The van der Waals surface area contributed by atoms with Crippen LogP contribution in [0, 0.1) is 11.4 Å². The van der Waals surface area contributed by atoms with E-state index in [1.807, 2.05) is 6.08 Å². The van der Waals surface area contributed by atoms with E-state index in [2.05, 4.69) is 19.1 Å². The zero-order valence-electron chi connectivity index (χ0n) is 6.13. The Kier molecular flexibility index (Phi) is 3.67. The zero-order valence-corrected chi connectivity index (χ0v) is 6.13. The molecule has 0 aliphatic rings. The first kappa shape index (κ1) is 8.14. The minimum Gasteiger partial charge on any atom is -0.258 e. The molecule has 9 heavy (non-hydrogen) atoms. The number of hydrogen-bond donors (Lipinski definition) is 1. The summed E-state index contributed by atoms with van der Waals surface area (Å²) in [5.41, 5.74) is 6.55. The largest absolute Gasteiger partial charge is 0.258 e. The number of nitrogens with one attached hydrogen (secondary N) is 1. The number of nitrogens with zero attached hydrogens (tertiary/aromatic N) is 2. The van der Waals surface area contributed by atoms with Crippen molar-refractivity contribution in [3.05, 3.63) is 12.3 Å². The van der Waals surface area contributed by atoms with Crippen LogP contribution in [0.5, 0.6) is 0 Å². The van der Waals surface area contributed by atoms with Crippen LogP contribution >= 0.6 is 0 Å². The third-order valence-corrected chi connectivity index (χ3v) is 0.844. The van der Waals surface area contributed by atoms with Gasteiger partial charge in [-0.15, -0.1) is 0 Å². The summed E-state index contributed by atoms with van der Waals surface area (Å²) in [5.74, 6) is 0.522. The Hall–Kier alpha value is -0.860. The number of allylic oxidation sites excluding steroid dienone is 1. The molecule has 0 fully saturated rings. The van der Waals surface area contributed by atoms with Crippen molar-refractivity contribution in [1.82, 2.24) is 5.01 Å². The van der Waals surface area contributed by atoms with Crippen molar-refractivity contribution in [2.24, 2.45) is 11.1 Å². The second kappa shape index (κ2) is 4.06. The lowest BCUT2D eigenvalue weighted by Gasteiger charge is -2.02. The Morgan fingerprint density at radius 1 is 1.56 bits per heavy atom. The molecule has 0 aromatic heterocycles. The van der Waals surface area contributed by atoms with Crippen LogP contribution in [-0.2, 0) is 0 Å². The molecule has 3 nitrogen and oxygen atoms in total. The third kappa shape index (κ3) is 5.00. The predicted molar refractivity (Wildman–Crippen MR) is 36.9 cm³/mol. The van der Waals surface area contributed by atoms with Gasteiger partial charge in [0.15, 0.2) is 0 Å². The van der Waals surface area contributed by atoms with E-state index >= 15 is 0 Å². The highest BCUT2D eigenvalue weighted by molar-refractivity contribution is 4.81. The van der Waals surface area contributed by atoms with E-state index in [-0.39, 0.29) is 0 Å². The Bertz CT molecular complexity index is 107. The van der Waals surface area contributed by atoms with E-state index in [1.54, 1.807) is 13.2 Å². The van der Waals surface area contributed by atoms with Gasteiger partial charge >= 0.3 is 0 Å². The summed E-state index contributed by atoms with van der Waals surface area (Å²) in [6.45, 7) is 4.16. The second-order valence-corrected chi connectivity index (χ2v) is 2.26. The van der Waals surface area contributed by atoms with Gasteiger partial charge in [-0.05, 0) is 5.92 Å². The summed E-state index contributed by atoms with van der Waals surface area (Å²) in [6, 6.07) is 0. The van der Waals surface area contributed by atoms with Gasteiger partial charge in [0, 0.05) is 13.2 Å². The molecular formula is C6H13N3. The molecule has 0 heterocycles. The maximum atomic E-state index is 6.55. The summed E-state index contributed by atoms with van der Waals surface area (Å²) in [6.07, 6.45) is 3.76. The van der Waals surface area contributed by atoms with Gasteiger partial charge < -0.3 is 0 Å². The first-order valence-corrected chi connectivity index (χ1v) is 2.95. The van der Waals surface area contributed by atoms with Gasteiger partial charge in [-0.25, -0.2) is 0 Å². The summed E-state index contributed by atoms with van der Waals surface area (Å²) in [7, 11) is 1.73. The van der Waals surface area contributed by atoms with Gasteiger partial charge in [0.05, 0.1) is 0 Å². The summed E-state index contributed by atoms with van der Waals surface area (Å²) >= 11 is 0. The molecule has 0 amide bonds. The van der Waals surface area contributed by atoms with Gasteiger partial charge in [0.25, 0.3) is 0 Å². The fourth-order valence-electron chi connectivity index (χ4n) is 0.330. The Labute approximate surface area is 55.8 Å². The van der Waals surface area contributed by atoms with Crippen molar-refractivity contribution < 1.29 is 0 Å². The predicted octanol–water partition coefficient (Wildman–Crippen LogP) is 2.03. The van der Waals surface area contributed by atoms with Gasteiger partial charge in [0.2, 0.25) is 0 Å². The molecule has 0 aromatic rings. The van der Waals surface area contributed by atoms with Crippen molar-refractivity contribution in [2.75, 3.05) is 7.05 Å². The first-order chi connectivity index (χ1) is 4.16. The summed E-state index contributed by atoms with van der Waals surface area (Å²) in [5, 5.41) is 4.62. The van der Waals surface area contributed by atoms with E-state index in [1.165, 1.54) is 5.01 Å². The maximum absolute atomic E-state index is 6.55. The molecule has 0 atom stereocenters. The molecule has 1 N–H and O–H groups in total. The van der Waals surface area contributed by atoms with E-state index in [9.17, 15) is 0 Å². The molecule has 52 valence electrons. The lowest BCUT2D eigenvalue weighted by Crippen LogP contribution is -1.98. The molecule has 0 spiro atoms. The lowest BCUT2D eigenvalue weighted by atomic mass is 10.2. The molecule has 0 aromatic carbocycles. The minimum absolute atomic E-state index is 0.522. The second-order valence-electron chi connectivity index (χ2n) is 2.26. The highest BCUT2D eigenvalue weighted by atomic mass is 15.5. The Morgan fingerprint density at radius 2 is 2.11 bits per heavy atom. The van der Waals surface area contributed by atoms with Crippen LogP contribution < -0.4 is 0 Å². The van der Waals surface area contributed by atoms with Crippen LogP contribution in [0.25, 0.3) is 0 Å². The van der Waals surface area contributed by atoms with Crippen LogP contribution in [0.1, 0.15) is 13.8 Å². The molecule has 0 aliphatic carbocycles. The molecule has 0 unspecified atom stereocenters. The molecule has 0 bridgehead atoms. The van der Waals surface area contributed by atoms with Crippen molar-refractivity contribution in [3.8, 4) is 0 Å². The van der Waals surface area contributed by atoms with Gasteiger partial charge in [-0.1, -0.05) is 25.1 Å². The molecule has 0 rings (SSSR count). The fraction of sp³-hybridized carbons (Fsp3) is 0.667. The minimum atomic E-state index is 0.522. The standard InChI is InChI=1S/C6H13N3/c1-6(2)4-5-9(3)8-7/h4-7H,1-3H3. The average Bonchev–Trinajstić information content (AvgIpc) is 1.83. The van der Waals surface area contributed by atoms with Crippen LogP contribution in [0.15, 0.2) is 17.5 Å². The van der Waals surface area contributed by atoms with Crippen LogP contribution in [0.2, 0.25) is 0 Å². The SMILES string of the molecule is CC(C)C=CN(C)N=N. The fourth-order valence-corrected chi connectivity index (χ4v) is 0.330. The van der Waals surface area contributed by atoms with Gasteiger partial charge in [0.1, 0.15) is 0 Å². The quantitative estimate of drug-likeness (QED) is 0.457. The van der Waals surface area contributed by atoms with Crippen molar-refractivity contribution in [1.29, 1.82) is 5.53 Å². The molecule has 0 radical (unpaired) electrons. The van der Waals surface area contributed by atoms with E-state index in [0.29, 0.717) is 5.92 Å². The Balaban J connectivity index is 3.56. The normalized spacial score (nSPS) is 10.7. The van der Waals surface area contributed by atoms with E-state index in [4.69, 9.17) is 5.53 Å². The molecule has 0 saturated carbocycles. The number of rotatable bonds is 3. The summed E-state index contributed by atoms with van der Waals surface area (Å²) in [4.78, 5) is 0. The lowest BCUT2D eigenvalue weighted by molar-refractivity contribution is 0.437. The maximum Gasteiger partial charge on any atom is 0.0313 e. The Morgan fingerprint density at radius 3 is 2.44 bits per heavy atom. The molecule has 0 aliphatic heterocycles. The van der Waals surface area contributed by atoms with Crippen molar-refractivity contribution in [2.45, 2.75) is 13.8 Å². The van der Waals surface area contributed by atoms with Gasteiger partial charge in [-0.2, -0.15) is 5.53 Å². The van der Waals surface area contributed by atoms with E-state index in [0.717, 1.165) is 0 Å². The number of hydrogen-bond acceptors (Lipinski definition) is 2. The van der Waals surface area contributed by atoms with Crippen LogP contribution in [-0.4, -0.2) is 12.1 Å². The zero-order chi connectivity index (χ0) is 7.28. The highest BCUT2D eigenvalue weighted by Gasteiger charge is 1.84. The highest BCUT2D eigenvalue weighted by Crippen LogP contribution is 1.94. The molecular weight excluding hydrogens is 114 g/mol. The first-order valence-electron chi connectivity index (χ1n) is 2.95. The topological polar surface area (TPSA) is 39.5 Å². The van der Waals surface area contributed by atoms with Gasteiger partial charge in [-0.3, -0.25) is 5.01 Å². The van der Waals surface area contributed by atoms with Crippen molar-refractivity contribution in [3.63, 3.8) is 0 Å². The van der Waals surface area contributed by atoms with Crippen molar-refractivity contribution >= 4 is 0 Å². The monoisotopic (exact) mass is 127 g/mol.